The van der Waals surface area contributed by atoms with Gasteiger partial charge in [0.05, 0.1) is 33.0 Å². The van der Waals surface area contributed by atoms with E-state index in [4.69, 9.17) is 24.2 Å². The molecule has 1 N–H and O–H groups in total. The van der Waals surface area contributed by atoms with Crippen molar-refractivity contribution in [3.05, 3.63) is 40.9 Å². The third kappa shape index (κ3) is 5.26. The Morgan fingerprint density at radius 2 is 1.74 bits per heavy atom. The van der Waals surface area contributed by atoms with Gasteiger partial charge in [-0.1, -0.05) is 28.1 Å². The van der Waals surface area contributed by atoms with Crippen molar-refractivity contribution in [3.63, 3.8) is 0 Å². The Morgan fingerprint density at radius 1 is 1.03 bits per heavy atom. The zero-order chi connectivity index (χ0) is 21.6. The van der Waals surface area contributed by atoms with Crippen LogP contribution in [-0.4, -0.2) is 68.5 Å². The normalized spacial score (nSPS) is 14.5. The quantitative estimate of drug-likeness (QED) is 0.478. The Balaban J connectivity index is 1.62. The SMILES string of the molecule is COc1cc2nc(-c3ccc(Br)cc3)nc(NCCCN3CCOCC3)c2cc1OC. The Kier molecular flexibility index (Phi) is 7.21. The van der Waals surface area contributed by atoms with E-state index in [9.17, 15) is 0 Å². The lowest BCUT2D eigenvalue weighted by Gasteiger charge is -2.26. The fourth-order valence-electron chi connectivity index (χ4n) is 3.65. The van der Waals surface area contributed by atoms with Crippen LogP contribution >= 0.6 is 15.9 Å². The second kappa shape index (κ2) is 10.3. The van der Waals surface area contributed by atoms with Gasteiger partial charge in [0, 0.05) is 41.1 Å². The predicted octanol–water partition coefficient (Wildman–Crippen LogP) is 4.21. The van der Waals surface area contributed by atoms with Gasteiger partial charge in [0.1, 0.15) is 5.82 Å². The number of morpholine rings is 1. The first-order valence-electron chi connectivity index (χ1n) is 10.4. The largest absolute Gasteiger partial charge is 0.493 e. The number of hydrogen-bond acceptors (Lipinski definition) is 7. The fourth-order valence-corrected chi connectivity index (χ4v) is 3.92. The summed E-state index contributed by atoms with van der Waals surface area (Å²) < 4.78 is 17.4. The molecule has 1 aliphatic heterocycles. The average molecular weight is 487 g/mol. The molecular formula is C23H27BrN4O3. The summed E-state index contributed by atoms with van der Waals surface area (Å²) in [5.74, 6) is 2.77. The van der Waals surface area contributed by atoms with Gasteiger partial charge in [-0.3, -0.25) is 4.90 Å². The molecule has 164 valence electrons. The summed E-state index contributed by atoms with van der Waals surface area (Å²) in [6, 6.07) is 11.8. The molecule has 1 aromatic heterocycles. The van der Waals surface area contributed by atoms with Gasteiger partial charge in [-0.15, -0.1) is 0 Å². The number of ether oxygens (including phenoxy) is 3. The highest BCUT2D eigenvalue weighted by atomic mass is 79.9. The van der Waals surface area contributed by atoms with E-state index in [2.05, 4.69) is 26.1 Å². The average Bonchev–Trinajstić information content (AvgIpc) is 2.81. The van der Waals surface area contributed by atoms with Crippen LogP contribution in [0.15, 0.2) is 40.9 Å². The van der Waals surface area contributed by atoms with Crippen LogP contribution in [0.3, 0.4) is 0 Å². The zero-order valence-electron chi connectivity index (χ0n) is 17.9. The number of methoxy groups -OCH3 is 2. The summed E-state index contributed by atoms with van der Waals surface area (Å²) in [4.78, 5) is 12.1. The molecule has 8 heteroatoms. The van der Waals surface area contributed by atoms with E-state index in [1.165, 1.54) is 0 Å². The van der Waals surface area contributed by atoms with Gasteiger partial charge < -0.3 is 19.5 Å². The van der Waals surface area contributed by atoms with Crippen molar-refractivity contribution >= 4 is 32.7 Å². The molecule has 0 spiro atoms. The number of aromatic nitrogens is 2. The highest BCUT2D eigenvalue weighted by molar-refractivity contribution is 9.10. The summed E-state index contributed by atoms with van der Waals surface area (Å²) in [6.07, 6.45) is 1.02. The van der Waals surface area contributed by atoms with Crippen LogP contribution in [0, 0.1) is 0 Å². The lowest BCUT2D eigenvalue weighted by atomic mass is 10.1. The fraction of sp³-hybridized carbons (Fsp3) is 0.391. The highest BCUT2D eigenvalue weighted by Crippen LogP contribution is 2.35. The lowest BCUT2D eigenvalue weighted by Crippen LogP contribution is -2.37. The summed E-state index contributed by atoms with van der Waals surface area (Å²) in [5, 5.41) is 4.43. The predicted molar refractivity (Wildman–Crippen MR) is 126 cm³/mol. The molecule has 2 heterocycles. The molecule has 7 nitrogen and oxygen atoms in total. The number of nitrogens with one attached hydrogen (secondary N) is 1. The second-order valence-electron chi connectivity index (χ2n) is 7.36. The monoisotopic (exact) mass is 486 g/mol. The van der Waals surface area contributed by atoms with E-state index < -0.39 is 0 Å². The summed E-state index contributed by atoms with van der Waals surface area (Å²) in [7, 11) is 3.27. The molecule has 0 atom stereocenters. The number of benzene rings is 2. The smallest absolute Gasteiger partial charge is 0.162 e. The Labute approximate surface area is 190 Å². The van der Waals surface area contributed by atoms with Gasteiger partial charge in [-0.05, 0) is 31.2 Å². The molecule has 2 aromatic carbocycles. The molecule has 0 unspecified atom stereocenters. The van der Waals surface area contributed by atoms with Gasteiger partial charge >= 0.3 is 0 Å². The third-order valence-electron chi connectivity index (χ3n) is 5.35. The number of hydrogen-bond donors (Lipinski definition) is 1. The number of rotatable bonds is 8. The van der Waals surface area contributed by atoms with Gasteiger partial charge in [-0.25, -0.2) is 9.97 Å². The van der Waals surface area contributed by atoms with Crippen LogP contribution in [0.2, 0.25) is 0 Å². The minimum atomic E-state index is 0.647. The number of fused-ring (bicyclic) bond motifs is 1. The van der Waals surface area contributed by atoms with E-state index in [0.29, 0.717) is 17.3 Å². The molecule has 0 aliphatic carbocycles. The Hall–Kier alpha value is -2.42. The van der Waals surface area contributed by atoms with E-state index in [0.717, 1.165) is 72.6 Å². The van der Waals surface area contributed by atoms with E-state index in [1.807, 2.05) is 36.4 Å². The minimum absolute atomic E-state index is 0.647. The van der Waals surface area contributed by atoms with Crippen molar-refractivity contribution < 1.29 is 14.2 Å². The van der Waals surface area contributed by atoms with Crippen molar-refractivity contribution in [2.24, 2.45) is 0 Å². The number of anilines is 1. The number of halogens is 1. The van der Waals surface area contributed by atoms with Crippen LogP contribution in [-0.2, 0) is 4.74 Å². The van der Waals surface area contributed by atoms with Crippen molar-refractivity contribution in [1.82, 2.24) is 14.9 Å². The van der Waals surface area contributed by atoms with Crippen molar-refractivity contribution in [3.8, 4) is 22.9 Å². The third-order valence-corrected chi connectivity index (χ3v) is 5.88. The molecule has 3 aromatic rings. The van der Waals surface area contributed by atoms with E-state index in [-0.39, 0.29) is 0 Å². The Morgan fingerprint density at radius 3 is 2.45 bits per heavy atom. The van der Waals surface area contributed by atoms with Crippen LogP contribution in [0.5, 0.6) is 11.5 Å². The summed E-state index contributed by atoms with van der Waals surface area (Å²) in [6.45, 7) is 5.50. The van der Waals surface area contributed by atoms with Gasteiger partial charge in [0.15, 0.2) is 17.3 Å². The van der Waals surface area contributed by atoms with Gasteiger partial charge in [-0.2, -0.15) is 0 Å². The number of nitrogens with zero attached hydrogens (tertiary/aromatic N) is 3. The molecular weight excluding hydrogens is 460 g/mol. The topological polar surface area (TPSA) is 68.7 Å². The van der Waals surface area contributed by atoms with Gasteiger partial charge in [0.2, 0.25) is 0 Å². The van der Waals surface area contributed by atoms with E-state index >= 15 is 0 Å². The minimum Gasteiger partial charge on any atom is -0.493 e. The molecule has 0 amide bonds. The maximum atomic E-state index is 5.50. The summed E-state index contributed by atoms with van der Waals surface area (Å²) in [5.41, 5.74) is 1.76. The second-order valence-corrected chi connectivity index (χ2v) is 8.28. The standard InChI is InChI=1S/C23H27BrN4O3/c1-29-20-14-18-19(15-21(20)30-2)26-22(16-4-6-17(24)7-5-16)27-23(18)25-8-3-9-28-10-12-31-13-11-28/h4-7,14-15H,3,8-13H2,1-2H3,(H,25,26,27). The molecule has 1 fully saturated rings. The van der Waals surface area contributed by atoms with E-state index in [1.54, 1.807) is 14.2 Å². The van der Waals surface area contributed by atoms with Crippen LogP contribution in [0.25, 0.3) is 22.3 Å². The maximum absolute atomic E-state index is 5.50. The lowest BCUT2D eigenvalue weighted by molar-refractivity contribution is 0.0378. The van der Waals surface area contributed by atoms with Gasteiger partial charge in [0.25, 0.3) is 0 Å². The maximum Gasteiger partial charge on any atom is 0.162 e. The molecule has 1 aliphatic rings. The molecule has 4 rings (SSSR count). The molecule has 1 saturated heterocycles. The Bertz CT molecular complexity index is 1020. The first kappa shape index (κ1) is 21.8. The van der Waals surface area contributed by atoms with Crippen LogP contribution in [0.4, 0.5) is 5.82 Å². The molecule has 0 saturated carbocycles. The molecule has 31 heavy (non-hydrogen) atoms. The highest BCUT2D eigenvalue weighted by Gasteiger charge is 2.15. The molecule has 0 bridgehead atoms. The first-order chi connectivity index (χ1) is 15.2. The first-order valence-corrected chi connectivity index (χ1v) is 11.2. The van der Waals surface area contributed by atoms with Crippen molar-refractivity contribution in [1.29, 1.82) is 0 Å². The van der Waals surface area contributed by atoms with Crippen molar-refractivity contribution in [2.45, 2.75) is 6.42 Å². The summed E-state index contributed by atoms with van der Waals surface area (Å²) >= 11 is 3.49. The molecule has 0 radical (unpaired) electrons. The van der Waals surface area contributed by atoms with Crippen molar-refractivity contribution in [2.75, 3.05) is 58.9 Å². The zero-order valence-corrected chi connectivity index (χ0v) is 19.4. The van der Waals surface area contributed by atoms with Crippen LogP contribution in [0.1, 0.15) is 6.42 Å². The van der Waals surface area contributed by atoms with Crippen LogP contribution < -0.4 is 14.8 Å².